The molecule has 1 rings (SSSR count). The van der Waals surface area contributed by atoms with Crippen molar-refractivity contribution in [1.29, 1.82) is 0 Å². The number of methoxy groups -OCH3 is 2. The number of nitrogens with one attached hydrogen (secondary N) is 1. The first kappa shape index (κ1) is 17.9. The lowest BCUT2D eigenvalue weighted by Gasteiger charge is -2.23. The first-order chi connectivity index (χ1) is 10.6. The molecule has 2 N–H and O–H groups in total. The molecule has 1 aromatic rings. The second-order valence-corrected chi connectivity index (χ2v) is 4.69. The highest BCUT2D eigenvalue weighted by molar-refractivity contribution is 5.80. The Kier molecular flexibility index (Phi) is 7.95. The van der Waals surface area contributed by atoms with E-state index < -0.39 is 24.0 Å². The Bertz CT molecular complexity index is 458. The Morgan fingerprint density at radius 1 is 1.14 bits per heavy atom. The van der Waals surface area contributed by atoms with Crippen LogP contribution in [0.2, 0.25) is 0 Å². The van der Waals surface area contributed by atoms with Gasteiger partial charge in [0.15, 0.2) is 0 Å². The average molecular weight is 311 g/mol. The summed E-state index contributed by atoms with van der Waals surface area (Å²) in [5.41, 5.74) is 0.815. The van der Waals surface area contributed by atoms with E-state index in [0.29, 0.717) is 0 Å². The largest absolute Gasteiger partial charge is 0.480 e. The molecule has 1 atom stereocenters. The van der Waals surface area contributed by atoms with Crippen LogP contribution in [-0.4, -0.2) is 50.6 Å². The molecule has 0 fully saturated rings. The first-order valence-corrected chi connectivity index (χ1v) is 6.76. The molecule has 0 aliphatic carbocycles. The standard InChI is InChI=1S/C15H21NO6/c1-20-9-12(10-21-2)13(14(17)18)16-15(19)22-8-11-6-4-3-5-7-11/h3-7,12-13H,8-10H2,1-2H3,(H,16,19)(H,17,18). The number of alkyl carbamates (subject to hydrolysis) is 1. The first-order valence-electron chi connectivity index (χ1n) is 6.76. The molecule has 22 heavy (non-hydrogen) atoms. The molecule has 1 unspecified atom stereocenters. The molecule has 0 saturated carbocycles. The maximum Gasteiger partial charge on any atom is 0.408 e. The molecule has 1 aromatic carbocycles. The van der Waals surface area contributed by atoms with Crippen LogP contribution >= 0.6 is 0 Å². The van der Waals surface area contributed by atoms with E-state index >= 15 is 0 Å². The van der Waals surface area contributed by atoms with E-state index in [1.807, 2.05) is 18.2 Å². The summed E-state index contributed by atoms with van der Waals surface area (Å²) in [4.78, 5) is 23.1. The smallest absolute Gasteiger partial charge is 0.408 e. The molecule has 0 radical (unpaired) electrons. The van der Waals surface area contributed by atoms with Crippen molar-refractivity contribution in [2.75, 3.05) is 27.4 Å². The number of carbonyl (C=O) groups is 2. The van der Waals surface area contributed by atoms with Crippen LogP contribution in [0.15, 0.2) is 30.3 Å². The predicted octanol–water partition coefficient (Wildman–Crippen LogP) is 1.27. The minimum absolute atomic E-state index is 0.0677. The summed E-state index contributed by atoms with van der Waals surface area (Å²) >= 11 is 0. The Labute approximate surface area is 129 Å². The molecular formula is C15H21NO6. The minimum Gasteiger partial charge on any atom is -0.480 e. The van der Waals surface area contributed by atoms with Gasteiger partial charge in [-0.1, -0.05) is 30.3 Å². The van der Waals surface area contributed by atoms with Crippen LogP contribution in [0.1, 0.15) is 5.56 Å². The molecular weight excluding hydrogens is 290 g/mol. The van der Waals surface area contributed by atoms with Gasteiger partial charge in [0.05, 0.1) is 13.2 Å². The van der Waals surface area contributed by atoms with Crippen molar-refractivity contribution in [2.45, 2.75) is 12.6 Å². The maximum absolute atomic E-state index is 11.8. The monoisotopic (exact) mass is 311 g/mol. The van der Waals surface area contributed by atoms with E-state index in [1.54, 1.807) is 12.1 Å². The van der Waals surface area contributed by atoms with Gasteiger partial charge >= 0.3 is 12.1 Å². The normalized spacial score (nSPS) is 12.0. The summed E-state index contributed by atoms with van der Waals surface area (Å²) in [6.45, 7) is 0.353. The van der Waals surface area contributed by atoms with Crippen molar-refractivity contribution < 1.29 is 28.9 Å². The topological polar surface area (TPSA) is 94.1 Å². The average Bonchev–Trinajstić information content (AvgIpc) is 2.51. The van der Waals surface area contributed by atoms with Crippen LogP contribution in [-0.2, 0) is 25.6 Å². The number of hydrogen-bond acceptors (Lipinski definition) is 5. The van der Waals surface area contributed by atoms with Crippen LogP contribution < -0.4 is 5.32 Å². The number of carboxylic acids is 1. The van der Waals surface area contributed by atoms with Crippen LogP contribution in [0.5, 0.6) is 0 Å². The summed E-state index contributed by atoms with van der Waals surface area (Å²) in [5.74, 6) is -1.69. The van der Waals surface area contributed by atoms with Gasteiger partial charge in [-0.3, -0.25) is 0 Å². The van der Waals surface area contributed by atoms with E-state index in [2.05, 4.69) is 5.32 Å². The van der Waals surface area contributed by atoms with Gasteiger partial charge in [0.1, 0.15) is 12.6 Å². The SMILES string of the molecule is COCC(COC)C(NC(=O)OCc1ccccc1)C(=O)O. The summed E-state index contributed by atoms with van der Waals surface area (Å²) in [5, 5.41) is 11.6. The van der Waals surface area contributed by atoms with Gasteiger partial charge in [0.25, 0.3) is 0 Å². The number of aliphatic carboxylic acids is 1. The minimum atomic E-state index is -1.17. The highest BCUT2D eigenvalue weighted by atomic mass is 16.5. The van der Waals surface area contributed by atoms with Crippen molar-refractivity contribution >= 4 is 12.1 Å². The van der Waals surface area contributed by atoms with E-state index in [9.17, 15) is 14.7 Å². The zero-order valence-electron chi connectivity index (χ0n) is 12.7. The fourth-order valence-corrected chi connectivity index (χ4v) is 1.94. The molecule has 0 aromatic heterocycles. The summed E-state index contributed by atoms with van der Waals surface area (Å²) in [7, 11) is 2.91. The molecule has 0 aliphatic rings. The van der Waals surface area contributed by atoms with E-state index in [0.717, 1.165) is 5.56 Å². The van der Waals surface area contributed by atoms with Gasteiger partial charge in [0, 0.05) is 20.1 Å². The number of hydrogen-bond donors (Lipinski definition) is 2. The van der Waals surface area contributed by atoms with E-state index in [1.165, 1.54) is 14.2 Å². The Morgan fingerprint density at radius 2 is 1.73 bits per heavy atom. The van der Waals surface area contributed by atoms with Gasteiger partial charge in [-0.15, -0.1) is 0 Å². The van der Waals surface area contributed by atoms with Gasteiger partial charge in [-0.25, -0.2) is 9.59 Å². The highest BCUT2D eigenvalue weighted by Gasteiger charge is 2.30. The van der Waals surface area contributed by atoms with Crippen molar-refractivity contribution in [3.63, 3.8) is 0 Å². The van der Waals surface area contributed by atoms with Gasteiger partial charge < -0.3 is 24.6 Å². The molecule has 122 valence electrons. The third-order valence-electron chi connectivity index (χ3n) is 2.99. The van der Waals surface area contributed by atoms with E-state index in [-0.39, 0.29) is 19.8 Å². The summed E-state index contributed by atoms with van der Waals surface area (Å²) in [6, 6.07) is 7.96. The van der Waals surface area contributed by atoms with Gasteiger partial charge in [-0.05, 0) is 5.56 Å². The Balaban J connectivity index is 2.57. The fraction of sp³-hybridized carbons (Fsp3) is 0.467. The molecule has 0 bridgehead atoms. The zero-order chi connectivity index (χ0) is 16.4. The van der Waals surface area contributed by atoms with Gasteiger partial charge in [-0.2, -0.15) is 0 Å². The number of carboxylic acid groups (broad SMARTS) is 1. The molecule has 0 spiro atoms. The van der Waals surface area contributed by atoms with Crippen LogP contribution in [0.25, 0.3) is 0 Å². The lowest BCUT2D eigenvalue weighted by atomic mass is 10.0. The van der Waals surface area contributed by atoms with Crippen LogP contribution in [0.4, 0.5) is 4.79 Å². The molecule has 7 nitrogen and oxygen atoms in total. The number of carbonyl (C=O) groups excluding carboxylic acids is 1. The lowest BCUT2D eigenvalue weighted by molar-refractivity contribution is -0.142. The number of rotatable bonds is 9. The maximum atomic E-state index is 11.8. The van der Waals surface area contributed by atoms with Gasteiger partial charge in [0.2, 0.25) is 0 Å². The van der Waals surface area contributed by atoms with Crippen molar-refractivity contribution in [2.24, 2.45) is 5.92 Å². The Hall–Kier alpha value is -2.12. The molecule has 0 saturated heterocycles. The molecule has 7 heteroatoms. The van der Waals surface area contributed by atoms with Crippen LogP contribution in [0.3, 0.4) is 0 Å². The highest BCUT2D eigenvalue weighted by Crippen LogP contribution is 2.07. The number of benzene rings is 1. The quantitative estimate of drug-likeness (QED) is 0.713. The molecule has 1 amide bonds. The number of ether oxygens (including phenoxy) is 3. The van der Waals surface area contributed by atoms with Crippen molar-refractivity contribution in [1.82, 2.24) is 5.32 Å². The third-order valence-corrected chi connectivity index (χ3v) is 2.99. The Morgan fingerprint density at radius 3 is 2.23 bits per heavy atom. The lowest BCUT2D eigenvalue weighted by Crippen LogP contribution is -2.48. The number of amides is 1. The molecule has 0 heterocycles. The fourth-order valence-electron chi connectivity index (χ4n) is 1.94. The van der Waals surface area contributed by atoms with Crippen molar-refractivity contribution in [3.8, 4) is 0 Å². The zero-order valence-corrected chi connectivity index (χ0v) is 12.7. The van der Waals surface area contributed by atoms with E-state index in [4.69, 9.17) is 14.2 Å². The van der Waals surface area contributed by atoms with Crippen LogP contribution in [0, 0.1) is 5.92 Å². The van der Waals surface area contributed by atoms with Crippen molar-refractivity contribution in [3.05, 3.63) is 35.9 Å². The second kappa shape index (κ2) is 9.75. The summed E-state index contributed by atoms with van der Waals surface area (Å²) < 4.78 is 14.9. The molecule has 0 aliphatic heterocycles. The third kappa shape index (κ3) is 6.11. The second-order valence-electron chi connectivity index (χ2n) is 4.69. The predicted molar refractivity (Wildman–Crippen MR) is 78.4 cm³/mol. The summed E-state index contributed by atoms with van der Waals surface area (Å²) in [6.07, 6.45) is -0.798.